The van der Waals surface area contributed by atoms with Crippen molar-refractivity contribution in [3.8, 4) is 0 Å². The van der Waals surface area contributed by atoms with Gasteiger partial charge in [-0.15, -0.1) is 0 Å². The average molecular weight is 1790 g/mol. The first-order valence-corrected chi connectivity index (χ1v) is 44.2. The Morgan fingerprint density at radius 2 is 0.646 bits per heavy atom. The highest BCUT2D eigenvalue weighted by Gasteiger charge is 2.41. The van der Waals surface area contributed by atoms with Crippen LogP contribution in [-0.4, -0.2) is 218 Å². The molecule has 12 N–H and O–H groups in total. The fourth-order valence-electron chi connectivity index (χ4n) is 16.7. The molecule has 0 aromatic carbocycles. The molecule has 20 rings (SSSR count). The van der Waals surface area contributed by atoms with Crippen molar-refractivity contribution in [1.82, 2.24) is 97.9 Å². The van der Waals surface area contributed by atoms with E-state index in [9.17, 15) is 47.1 Å². The summed E-state index contributed by atoms with van der Waals surface area (Å²) < 4.78 is 61.6. The molecular formula is C88H106F2N28O12. The summed E-state index contributed by atoms with van der Waals surface area (Å²) >= 11 is 0. The van der Waals surface area contributed by atoms with Crippen molar-refractivity contribution in [2.75, 3.05) is 111 Å². The van der Waals surface area contributed by atoms with Crippen LogP contribution in [0.2, 0.25) is 0 Å². The predicted molar refractivity (Wildman–Crippen MR) is 483 cm³/mol. The Bertz CT molecular complexity index is 6030. The van der Waals surface area contributed by atoms with Crippen LogP contribution in [0.1, 0.15) is 181 Å². The van der Waals surface area contributed by atoms with E-state index in [-0.39, 0.29) is 93.6 Å². The molecule has 40 nitrogen and oxygen atoms in total. The van der Waals surface area contributed by atoms with Gasteiger partial charge in [-0.3, -0.25) is 38.4 Å². The lowest BCUT2D eigenvalue weighted by molar-refractivity contribution is 0.0579. The number of pyridine rings is 4. The van der Waals surface area contributed by atoms with Gasteiger partial charge in [-0.05, 0) is 151 Å². The van der Waals surface area contributed by atoms with Crippen LogP contribution in [0.5, 0.6) is 0 Å². The third-order valence-electron chi connectivity index (χ3n) is 24.5. The quantitative estimate of drug-likeness (QED) is 0.0240. The Morgan fingerprint density at radius 3 is 0.885 bits per heavy atom. The summed E-state index contributed by atoms with van der Waals surface area (Å²) in [7, 11) is 10.4. The molecule has 42 heteroatoms. The zero-order chi connectivity index (χ0) is 90.4. The maximum Gasteiger partial charge on any atom is 0.274 e. The van der Waals surface area contributed by atoms with Gasteiger partial charge in [-0.2, -0.15) is 38.5 Å². The number of methoxy groups -OCH3 is 2. The number of amides is 4. The fraction of sp³-hybridized carbons (Fsp3) is 0.455. The van der Waals surface area contributed by atoms with Gasteiger partial charge in [0.15, 0.2) is 22.6 Å². The summed E-state index contributed by atoms with van der Waals surface area (Å²) in [5.74, 6) is 2.89. The van der Waals surface area contributed by atoms with Crippen molar-refractivity contribution in [2.45, 2.75) is 188 Å². The molecule has 2 aliphatic heterocycles. The van der Waals surface area contributed by atoms with Gasteiger partial charge in [0.1, 0.15) is 104 Å². The van der Waals surface area contributed by atoms with E-state index in [4.69, 9.17) is 18.9 Å². The predicted octanol–water partition coefficient (Wildman–Crippen LogP) is 9.13. The number of aromatic nitrogens is 16. The molecule has 0 bridgehead atoms. The van der Waals surface area contributed by atoms with Gasteiger partial charge in [0.05, 0.1) is 74.4 Å². The minimum atomic E-state index is -1.01. The number of alkyl halides is 2. The smallest absolute Gasteiger partial charge is 0.274 e. The van der Waals surface area contributed by atoms with Crippen LogP contribution in [-0.2, 0) is 18.9 Å². The summed E-state index contributed by atoms with van der Waals surface area (Å²) in [6.07, 6.45) is 27.1. The van der Waals surface area contributed by atoms with E-state index in [1.54, 1.807) is 131 Å². The average Bonchev–Trinajstić information content (AvgIpc) is 1.68. The van der Waals surface area contributed by atoms with E-state index in [1.165, 1.54) is 33.8 Å². The maximum absolute atomic E-state index is 13.2. The third kappa shape index (κ3) is 19.8. The zero-order valence-electron chi connectivity index (χ0n) is 72.8. The van der Waals surface area contributed by atoms with Gasteiger partial charge in [-0.25, -0.2) is 28.7 Å². The van der Waals surface area contributed by atoms with Crippen LogP contribution < -0.4 is 86.0 Å². The largest absolute Gasteiger partial charge is 0.381 e. The molecule has 8 aliphatic rings. The number of hydrogen-bond donors (Lipinski definition) is 12. The normalized spacial score (nSPS) is 21.5. The minimum Gasteiger partial charge on any atom is -0.381 e. The van der Waals surface area contributed by atoms with E-state index >= 15 is 0 Å². The van der Waals surface area contributed by atoms with Crippen molar-refractivity contribution < 1.29 is 46.9 Å². The Hall–Kier alpha value is -13.7. The van der Waals surface area contributed by atoms with Gasteiger partial charge in [0.25, 0.3) is 45.9 Å². The molecule has 12 aromatic heterocycles. The Kier molecular flexibility index (Phi) is 26.5. The number of ether oxygens (including phenoxy) is 4. The van der Waals surface area contributed by atoms with Crippen LogP contribution in [0.15, 0.2) is 142 Å². The molecule has 0 radical (unpaired) electrons. The topological polar surface area (TPSA) is 458 Å². The number of carbonyl (C=O) groups is 4. The van der Waals surface area contributed by atoms with Crippen LogP contribution in [0, 0.1) is 0 Å². The third-order valence-corrected chi connectivity index (χ3v) is 24.5. The first-order chi connectivity index (χ1) is 63.2. The number of fused-ring (bicyclic) bond motifs is 4. The van der Waals surface area contributed by atoms with Crippen molar-refractivity contribution in [3.63, 3.8) is 0 Å². The number of nitrogens with zero attached hydrogens (tertiary/aromatic N) is 16. The highest BCUT2D eigenvalue weighted by molar-refractivity contribution is 6.03. The lowest BCUT2D eigenvalue weighted by atomic mass is 9.92. The van der Waals surface area contributed by atoms with Gasteiger partial charge >= 0.3 is 0 Å². The second kappa shape index (κ2) is 39.1. The minimum absolute atomic E-state index is 0.0267. The van der Waals surface area contributed by atoms with E-state index in [2.05, 4.69) is 104 Å². The zero-order valence-corrected chi connectivity index (χ0v) is 72.8. The lowest BCUT2D eigenvalue weighted by Crippen LogP contribution is -2.31. The van der Waals surface area contributed by atoms with Gasteiger partial charge in [-0.1, -0.05) is 0 Å². The van der Waals surface area contributed by atoms with Crippen LogP contribution in [0.3, 0.4) is 0 Å². The summed E-state index contributed by atoms with van der Waals surface area (Å²) in [4.78, 5) is 121. The summed E-state index contributed by atoms with van der Waals surface area (Å²) in [6, 6.07) is 21.0. The van der Waals surface area contributed by atoms with E-state index in [0.717, 1.165) is 116 Å². The van der Waals surface area contributed by atoms with E-state index in [0.29, 0.717) is 129 Å². The molecular weight excluding hydrogens is 1680 g/mol. The SMILES string of the molecule is CNc1cc(Nc2cccn(C3CCC(OC)CC3)c2=O)nc2c(C(=O)N[C@H]3C[C@H]3F)cnn12.CNc1cc(Nc2cccn(C3CCC(OC)CC3)c2=O)nc2c(C(=O)N[C@H]3C[C@H]3F)cnn12.CNc1cc(Nc2cccn([C@@H]3CCCOC3)c2=O)nc2c(C(=O)NC3CC3)cnn12.CNc1cc(Nc2cccn([C@H]3CCCOC3)c2=O)nc2c(C(=O)NC3CC3)cnn12. The molecule has 2 saturated heterocycles. The molecule has 0 spiro atoms. The van der Waals surface area contributed by atoms with E-state index in [1.807, 2.05) is 36.7 Å². The molecule has 12 aromatic rings. The van der Waals surface area contributed by atoms with Crippen molar-refractivity contribution >= 4 is 116 Å². The lowest BCUT2D eigenvalue weighted by Gasteiger charge is -2.29. The Labute approximate surface area is 742 Å². The van der Waals surface area contributed by atoms with Gasteiger partial charge in [0, 0.05) is 142 Å². The molecule has 14 heterocycles. The first-order valence-electron chi connectivity index (χ1n) is 44.2. The summed E-state index contributed by atoms with van der Waals surface area (Å²) in [5, 5.41) is 53.0. The van der Waals surface area contributed by atoms with Crippen molar-refractivity contribution in [1.29, 1.82) is 0 Å². The number of carbonyl (C=O) groups excluding carboxylic acids is 4. The number of anilines is 12. The number of rotatable bonds is 26. The molecule has 130 heavy (non-hydrogen) atoms. The fourth-order valence-corrected chi connectivity index (χ4v) is 16.7. The second-order valence-electron chi connectivity index (χ2n) is 33.6. The molecule has 0 unspecified atom stereocenters. The van der Waals surface area contributed by atoms with Crippen molar-refractivity contribution in [2.24, 2.45) is 0 Å². The number of nitrogens with one attached hydrogen (secondary N) is 12. The molecule has 6 aliphatic carbocycles. The molecule has 8 fully saturated rings. The standard InChI is InChI=1S/2C23H28FN7O3.2C21H25N7O3/c2*1-25-20-11-19(29-21-15(12-26-31(20)21)22(32)28-18-10-16(18)24)27-17-4-3-9-30(23(17)33)13-5-7-14(34-2)8-6-13;2*1-22-18-10-17(26-19-15(11-23-28(18)19)20(29)24-13-6-7-13)25-16-5-2-8-27(21(16)30)14-4-3-9-31-12-14/h2*3-4,9,11-14,16,18,25H,5-8,10H2,1-2H3,(H,27,29)(H,28,32);2*2,5,8,10-11,13-14,22H,3-4,6-7,9,12H2,1H3,(H,24,29)(H,25,26)/t2*13?,14?,16-,18+;2*14-/m1110/s1. The first kappa shape index (κ1) is 88.3. The van der Waals surface area contributed by atoms with Crippen LogP contribution in [0.4, 0.5) is 78.1 Å². The molecule has 6 atom stereocenters. The van der Waals surface area contributed by atoms with Crippen LogP contribution in [0.25, 0.3) is 22.6 Å². The number of halogens is 2. The Morgan fingerprint density at radius 1 is 0.377 bits per heavy atom. The maximum atomic E-state index is 13.2. The second-order valence-corrected chi connectivity index (χ2v) is 33.6. The molecule has 684 valence electrons. The Balaban J connectivity index is 0.000000122. The molecule has 4 amide bonds. The van der Waals surface area contributed by atoms with Gasteiger partial charge in [0.2, 0.25) is 0 Å². The highest BCUT2D eigenvalue weighted by atomic mass is 19.1. The monoisotopic (exact) mass is 1780 g/mol. The molecule has 6 saturated carbocycles. The summed E-state index contributed by atoms with van der Waals surface area (Å²) in [5.41, 5.74) is 3.78. The highest BCUT2D eigenvalue weighted by Crippen LogP contribution is 2.35. The van der Waals surface area contributed by atoms with E-state index < -0.39 is 36.2 Å². The number of hydrogen-bond acceptors (Lipinski definition) is 28. The van der Waals surface area contributed by atoms with Gasteiger partial charge < -0.3 is 101 Å². The van der Waals surface area contributed by atoms with Crippen LogP contribution >= 0.6 is 0 Å². The summed E-state index contributed by atoms with van der Waals surface area (Å²) in [6.45, 7) is 2.55. The van der Waals surface area contributed by atoms with Crippen molar-refractivity contribution in [3.05, 3.63) is 186 Å².